The molecular weight excluding hydrogens is 456 g/mol. The fraction of sp³-hybridized carbons (Fsp3) is 0.333. The third-order valence-corrected chi connectivity index (χ3v) is 7.07. The first kappa shape index (κ1) is 23.6. The number of fused-ring (bicyclic) bond motifs is 3. The fourth-order valence-corrected chi connectivity index (χ4v) is 5.03. The lowest BCUT2D eigenvalue weighted by atomic mass is 9.96. The normalized spacial score (nSPS) is 15.9. The van der Waals surface area contributed by atoms with E-state index in [1.165, 1.54) is 6.20 Å². The minimum absolute atomic E-state index is 0.0881. The van der Waals surface area contributed by atoms with E-state index in [0.717, 1.165) is 52.6 Å². The van der Waals surface area contributed by atoms with E-state index in [2.05, 4.69) is 14.9 Å². The number of amides is 2. The number of hydrogen-bond donors (Lipinski definition) is 2. The molecule has 4 heterocycles. The summed E-state index contributed by atoms with van der Waals surface area (Å²) in [7, 11) is 3.43. The molecule has 186 valence electrons. The molecule has 3 aromatic heterocycles. The first-order valence-electron chi connectivity index (χ1n) is 12.2. The number of H-pyrrole nitrogens is 1. The summed E-state index contributed by atoms with van der Waals surface area (Å²) >= 11 is 0. The number of nitrogens with zero attached hydrogens (tertiary/aromatic N) is 4. The van der Waals surface area contributed by atoms with Gasteiger partial charge in [0.25, 0.3) is 5.91 Å². The van der Waals surface area contributed by atoms with Gasteiger partial charge in [-0.1, -0.05) is 12.1 Å². The van der Waals surface area contributed by atoms with Gasteiger partial charge >= 0.3 is 0 Å². The van der Waals surface area contributed by atoms with Crippen LogP contribution < -0.4 is 15.4 Å². The van der Waals surface area contributed by atoms with E-state index in [1.54, 1.807) is 18.2 Å². The van der Waals surface area contributed by atoms with Crippen molar-refractivity contribution >= 4 is 39.4 Å². The zero-order valence-corrected chi connectivity index (χ0v) is 20.7. The maximum absolute atomic E-state index is 12.9. The number of aromatic nitrogens is 3. The molecule has 1 aromatic carbocycles. The molecule has 0 aliphatic carbocycles. The molecule has 9 nitrogen and oxygen atoms in total. The molecule has 1 aliphatic rings. The Hall–Kier alpha value is -4.14. The van der Waals surface area contributed by atoms with E-state index < -0.39 is 5.91 Å². The Bertz CT molecular complexity index is 1460. The Balaban J connectivity index is 1.62. The number of piperidine rings is 1. The molecule has 1 aliphatic heterocycles. The highest BCUT2D eigenvalue weighted by Gasteiger charge is 2.30. The second-order valence-corrected chi connectivity index (χ2v) is 9.22. The number of aromatic amines is 1. The zero-order chi connectivity index (χ0) is 25.4. The Morgan fingerprint density at radius 1 is 1.22 bits per heavy atom. The highest BCUT2D eigenvalue weighted by molar-refractivity contribution is 6.18. The molecule has 4 aromatic rings. The van der Waals surface area contributed by atoms with Crippen molar-refractivity contribution < 1.29 is 14.3 Å². The van der Waals surface area contributed by atoms with Crippen LogP contribution in [0.15, 0.2) is 42.7 Å². The molecular formula is C27H30N6O3. The SMILES string of the molecule is CCN(C)C(=O)[C@H]1CCCN(c2ncc(C(N)=O)c3[nH]c4cc(-c5ccnc(OC)c5)ccc4c23)C1. The van der Waals surface area contributed by atoms with Gasteiger partial charge in [0.2, 0.25) is 11.8 Å². The van der Waals surface area contributed by atoms with Gasteiger partial charge in [-0.25, -0.2) is 9.97 Å². The average Bonchev–Trinajstić information content (AvgIpc) is 3.30. The lowest BCUT2D eigenvalue weighted by Gasteiger charge is -2.35. The summed E-state index contributed by atoms with van der Waals surface area (Å²) in [4.78, 5) is 41.4. The lowest BCUT2D eigenvalue weighted by Crippen LogP contribution is -2.44. The summed E-state index contributed by atoms with van der Waals surface area (Å²) in [5.41, 5.74) is 9.52. The Morgan fingerprint density at radius 2 is 2.03 bits per heavy atom. The molecule has 0 bridgehead atoms. The second kappa shape index (κ2) is 9.49. The summed E-state index contributed by atoms with van der Waals surface area (Å²) in [6, 6.07) is 9.90. The summed E-state index contributed by atoms with van der Waals surface area (Å²) in [6.45, 7) is 4.04. The van der Waals surface area contributed by atoms with E-state index in [4.69, 9.17) is 15.5 Å². The minimum Gasteiger partial charge on any atom is -0.481 e. The summed E-state index contributed by atoms with van der Waals surface area (Å²) in [6.07, 6.45) is 4.99. The maximum atomic E-state index is 12.9. The quantitative estimate of drug-likeness (QED) is 0.430. The molecule has 0 unspecified atom stereocenters. The van der Waals surface area contributed by atoms with Gasteiger partial charge < -0.3 is 25.3 Å². The highest BCUT2D eigenvalue weighted by atomic mass is 16.5. The van der Waals surface area contributed by atoms with Crippen molar-refractivity contribution in [1.82, 2.24) is 19.9 Å². The van der Waals surface area contributed by atoms with Gasteiger partial charge in [0.05, 0.1) is 29.5 Å². The van der Waals surface area contributed by atoms with E-state index in [0.29, 0.717) is 30.0 Å². The number of nitrogens with two attached hydrogens (primary N) is 1. The van der Waals surface area contributed by atoms with E-state index in [1.807, 2.05) is 44.3 Å². The van der Waals surface area contributed by atoms with Crippen LogP contribution in [0.3, 0.4) is 0 Å². The number of methoxy groups -OCH3 is 1. The van der Waals surface area contributed by atoms with E-state index in [-0.39, 0.29) is 11.8 Å². The molecule has 3 N–H and O–H groups in total. The standard InChI is InChI=1S/C27H30N6O3/c1-4-32(2)27(35)18-6-5-11-33(15-18)26-23-19-8-7-16(17-9-10-29-22(13-17)36-3)12-21(19)31-24(23)20(14-30-26)25(28)34/h7-10,12-14,18,31H,4-6,11,15H2,1-3H3,(H2,28,34)/t18-/m0/s1. The summed E-state index contributed by atoms with van der Waals surface area (Å²) in [5, 5.41) is 1.79. The van der Waals surface area contributed by atoms with Crippen molar-refractivity contribution in [1.29, 1.82) is 0 Å². The molecule has 1 fully saturated rings. The molecule has 1 saturated heterocycles. The second-order valence-electron chi connectivity index (χ2n) is 9.22. The van der Waals surface area contributed by atoms with Crippen molar-refractivity contribution in [2.45, 2.75) is 19.8 Å². The van der Waals surface area contributed by atoms with Gasteiger partial charge in [-0.05, 0) is 43.0 Å². The van der Waals surface area contributed by atoms with Crippen LogP contribution in [0, 0.1) is 5.92 Å². The van der Waals surface area contributed by atoms with Crippen LogP contribution in [0.5, 0.6) is 5.88 Å². The third kappa shape index (κ3) is 4.10. The molecule has 5 rings (SSSR count). The monoisotopic (exact) mass is 486 g/mol. The van der Waals surface area contributed by atoms with Crippen molar-refractivity contribution in [3.8, 4) is 17.0 Å². The largest absolute Gasteiger partial charge is 0.481 e. The van der Waals surface area contributed by atoms with Gasteiger partial charge in [0.1, 0.15) is 5.82 Å². The number of pyridine rings is 2. The predicted molar refractivity (Wildman–Crippen MR) is 140 cm³/mol. The molecule has 1 atom stereocenters. The van der Waals surface area contributed by atoms with Crippen LogP contribution in [-0.2, 0) is 4.79 Å². The van der Waals surface area contributed by atoms with Gasteiger partial charge in [0, 0.05) is 56.0 Å². The zero-order valence-electron chi connectivity index (χ0n) is 20.7. The van der Waals surface area contributed by atoms with E-state index >= 15 is 0 Å². The Kier molecular flexibility index (Phi) is 6.22. The number of nitrogens with one attached hydrogen (secondary N) is 1. The average molecular weight is 487 g/mol. The lowest BCUT2D eigenvalue weighted by molar-refractivity contribution is -0.134. The Morgan fingerprint density at radius 3 is 2.78 bits per heavy atom. The highest BCUT2D eigenvalue weighted by Crippen LogP contribution is 2.37. The van der Waals surface area contributed by atoms with Gasteiger partial charge in [-0.3, -0.25) is 9.59 Å². The van der Waals surface area contributed by atoms with Crippen LogP contribution in [0.1, 0.15) is 30.1 Å². The van der Waals surface area contributed by atoms with Crippen molar-refractivity contribution in [3.05, 3.63) is 48.3 Å². The van der Waals surface area contributed by atoms with Gasteiger partial charge in [-0.15, -0.1) is 0 Å². The van der Waals surface area contributed by atoms with Crippen molar-refractivity contribution in [2.24, 2.45) is 11.7 Å². The van der Waals surface area contributed by atoms with Gasteiger partial charge in [-0.2, -0.15) is 0 Å². The van der Waals surface area contributed by atoms with Crippen LogP contribution in [0.4, 0.5) is 5.82 Å². The molecule has 9 heteroatoms. The third-order valence-electron chi connectivity index (χ3n) is 7.07. The number of carbonyl (C=O) groups is 2. The molecule has 2 amide bonds. The topological polar surface area (TPSA) is 117 Å². The molecule has 0 saturated carbocycles. The number of hydrogen-bond acceptors (Lipinski definition) is 6. The van der Waals surface area contributed by atoms with Gasteiger partial charge in [0.15, 0.2) is 0 Å². The number of ether oxygens (including phenoxy) is 1. The number of benzene rings is 1. The number of anilines is 1. The van der Waals surface area contributed by atoms with E-state index in [9.17, 15) is 9.59 Å². The fourth-order valence-electron chi connectivity index (χ4n) is 5.03. The van der Waals surface area contributed by atoms with Crippen LogP contribution >= 0.6 is 0 Å². The van der Waals surface area contributed by atoms with Crippen molar-refractivity contribution in [3.63, 3.8) is 0 Å². The first-order chi connectivity index (χ1) is 17.4. The maximum Gasteiger partial charge on any atom is 0.252 e. The summed E-state index contributed by atoms with van der Waals surface area (Å²) in [5.74, 6) is 0.824. The Labute approximate surface area is 209 Å². The smallest absolute Gasteiger partial charge is 0.252 e. The molecule has 0 radical (unpaired) electrons. The summed E-state index contributed by atoms with van der Waals surface area (Å²) < 4.78 is 5.27. The van der Waals surface area contributed by atoms with Crippen LogP contribution in [0.25, 0.3) is 32.9 Å². The molecule has 0 spiro atoms. The minimum atomic E-state index is -0.541. The number of primary amides is 1. The predicted octanol–water partition coefficient (Wildman–Crippen LogP) is 3.58. The van der Waals surface area contributed by atoms with Crippen LogP contribution in [0.2, 0.25) is 0 Å². The molecule has 36 heavy (non-hydrogen) atoms. The van der Waals surface area contributed by atoms with Crippen LogP contribution in [-0.4, -0.2) is 65.5 Å². The number of carbonyl (C=O) groups excluding carboxylic acids is 2. The first-order valence-corrected chi connectivity index (χ1v) is 12.2. The number of rotatable bonds is 6. The van der Waals surface area contributed by atoms with Crippen molar-refractivity contribution in [2.75, 3.05) is 38.7 Å².